The number of carbonyl (C=O) groups excluding carboxylic acids is 1. The van der Waals surface area contributed by atoms with Crippen LogP contribution in [0.25, 0.3) is 11.0 Å². The Morgan fingerprint density at radius 3 is 2.69 bits per heavy atom. The van der Waals surface area contributed by atoms with Crippen LogP contribution in [0.5, 0.6) is 5.75 Å². The Morgan fingerprint density at radius 2 is 1.88 bits per heavy atom. The second kappa shape index (κ2) is 8.20. The number of ether oxygens (including phenoxy) is 1. The predicted molar refractivity (Wildman–Crippen MR) is 101 cm³/mol. The minimum atomic E-state index is -0.421. The summed E-state index contributed by atoms with van der Waals surface area (Å²) in [5.74, 6) is 0.268. The number of benzene rings is 2. The molecule has 0 aliphatic heterocycles. The first-order chi connectivity index (χ1) is 12.6. The Hall–Kier alpha value is -3.28. The molecule has 0 unspecified atom stereocenters. The van der Waals surface area contributed by atoms with Crippen LogP contribution in [0, 0.1) is 0 Å². The first-order valence-electron chi connectivity index (χ1n) is 8.31. The molecular weight excluding hydrogens is 332 g/mol. The van der Waals surface area contributed by atoms with E-state index in [0.29, 0.717) is 24.4 Å². The molecule has 0 aliphatic carbocycles. The number of rotatable bonds is 7. The second-order valence-electron chi connectivity index (χ2n) is 5.85. The van der Waals surface area contributed by atoms with Gasteiger partial charge in [0.15, 0.2) is 6.61 Å². The number of para-hydroxylation sites is 1. The summed E-state index contributed by atoms with van der Waals surface area (Å²) in [7, 11) is 1.97. The maximum atomic E-state index is 11.9. The smallest absolute Gasteiger partial charge is 0.336 e. The van der Waals surface area contributed by atoms with E-state index in [-0.39, 0.29) is 12.5 Å². The molecular formula is C20H20N2O4. The number of hydrogen-bond acceptors (Lipinski definition) is 5. The third-order valence-corrected chi connectivity index (χ3v) is 3.93. The van der Waals surface area contributed by atoms with Crippen LogP contribution >= 0.6 is 0 Å². The first kappa shape index (κ1) is 17.5. The van der Waals surface area contributed by atoms with Gasteiger partial charge < -0.3 is 19.4 Å². The van der Waals surface area contributed by atoms with Gasteiger partial charge in [0.1, 0.15) is 11.3 Å². The van der Waals surface area contributed by atoms with E-state index in [0.717, 1.165) is 11.1 Å². The van der Waals surface area contributed by atoms with Gasteiger partial charge in [0.2, 0.25) is 0 Å². The van der Waals surface area contributed by atoms with Crippen LogP contribution in [-0.4, -0.2) is 32.7 Å². The lowest BCUT2D eigenvalue weighted by atomic mass is 10.2. The molecule has 6 nitrogen and oxygen atoms in total. The standard InChI is InChI=1S/C20H20N2O4/c1-22(16-5-3-2-4-6-16)12-11-21-19(23)14-25-17-9-7-15-8-10-20(24)26-18(15)13-17/h2-10,13H,11-12,14H2,1H3,(H,21,23). The molecule has 0 spiro atoms. The molecule has 0 bridgehead atoms. The molecule has 1 heterocycles. The zero-order chi connectivity index (χ0) is 18.4. The van der Waals surface area contributed by atoms with Gasteiger partial charge in [-0.15, -0.1) is 0 Å². The van der Waals surface area contributed by atoms with Gasteiger partial charge >= 0.3 is 5.63 Å². The van der Waals surface area contributed by atoms with Gasteiger partial charge in [-0.3, -0.25) is 4.79 Å². The van der Waals surface area contributed by atoms with Crippen molar-refractivity contribution in [1.82, 2.24) is 5.32 Å². The van der Waals surface area contributed by atoms with E-state index < -0.39 is 5.63 Å². The molecule has 1 aromatic heterocycles. The van der Waals surface area contributed by atoms with Crippen molar-refractivity contribution in [3.05, 3.63) is 71.1 Å². The fourth-order valence-corrected chi connectivity index (χ4v) is 2.51. The summed E-state index contributed by atoms with van der Waals surface area (Å²) in [5, 5.41) is 3.62. The predicted octanol–water partition coefficient (Wildman–Crippen LogP) is 2.42. The lowest BCUT2D eigenvalue weighted by Gasteiger charge is -2.19. The molecule has 134 valence electrons. The number of likely N-dealkylation sites (N-methyl/N-ethyl adjacent to an activating group) is 1. The molecule has 0 saturated heterocycles. The number of nitrogens with one attached hydrogen (secondary N) is 1. The fourth-order valence-electron chi connectivity index (χ4n) is 2.51. The minimum absolute atomic E-state index is 0.0996. The van der Waals surface area contributed by atoms with Gasteiger partial charge in [0.05, 0.1) is 0 Å². The van der Waals surface area contributed by atoms with Crippen molar-refractivity contribution < 1.29 is 13.9 Å². The topological polar surface area (TPSA) is 71.8 Å². The van der Waals surface area contributed by atoms with E-state index in [2.05, 4.69) is 10.2 Å². The second-order valence-corrected chi connectivity index (χ2v) is 5.85. The van der Waals surface area contributed by atoms with Crippen molar-refractivity contribution >= 4 is 22.6 Å². The molecule has 0 atom stereocenters. The highest BCUT2D eigenvalue weighted by Gasteiger charge is 2.06. The van der Waals surface area contributed by atoms with Gasteiger partial charge in [-0.25, -0.2) is 4.79 Å². The molecule has 6 heteroatoms. The van der Waals surface area contributed by atoms with E-state index in [1.54, 1.807) is 24.3 Å². The van der Waals surface area contributed by atoms with Crippen LogP contribution in [0.3, 0.4) is 0 Å². The molecule has 0 fully saturated rings. The third-order valence-electron chi connectivity index (χ3n) is 3.93. The lowest BCUT2D eigenvalue weighted by Crippen LogP contribution is -2.35. The zero-order valence-corrected chi connectivity index (χ0v) is 14.5. The number of carbonyl (C=O) groups is 1. The van der Waals surface area contributed by atoms with E-state index in [9.17, 15) is 9.59 Å². The average Bonchev–Trinajstić information content (AvgIpc) is 2.66. The highest BCUT2D eigenvalue weighted by molar-refractivity contribution is 5.79. The van der Waals surface area contributed by atoms with Crippen molar-refractivity contribution in [1.29, 1.82) is 0 Å². The molecule has 26 heavy (non-hydrogen) atoms. The van der Waals surface area contributed by atoms with Crippen LogP contribution in [0.1, 0.15) is 0 Å². The maximum Gasteiger partial charge on any atom is 0.336 e. The fraction of sp³-hybridized carbons (Fsp3) is 0.200. The summed E-state index contributed by atoms with van der Waals surface area (Å²) < 4.78 is 10.6. The van der Waals surface area contributed by atoms with Gasteiger partial charge in [-0.05, 0) is 30.3 Å². The highest BCUT2D eigenvalue weighted by Crippen LogP contribution is 2.19. The van der Waals surface area contributed by atoms with Crippen LogP contribution in [-0.2, 0) is 4.79 Å². The number of nitrogens with zero attached hydrogens (tertiary/aromatic N) is 1. The molecule has 3 rings (SSSR count). The zero-order valence-electron chi connectivity index (χ0n) is 14.5. The molecule has 2 aromatic carbocycles. The lowest BCUT2D eigenvalue weighted by molar-refractivity contribution is -0.123. The number of anilines is 1. The number of amides is 1. The number of hydrogen-bond donors (Lipinski definition) is 1. The van der Waals surface area contributed by atoms with Gasteiger partial charge in [-0.2, -0.15) is 0 Å². The van der Waals surface area contributed by atoms with Crippen LogP contribution in [0.4, 0.5) is 5.69 Å². The summed E-state index contributed by atoms with van der Waals surface area (Å²) in [4.78, 5) is 25.2. The Balaban J connectivity index is 1.46. The summed E-state index contributed by atoms with van der Waals surface area (Å²) >= 11 is 0. The largest absolute Gasteiger partial charge is 0.484 e. The highest BCUT2D eigenvalue weighted by atomic mass is 16.5. The monoisotopic (exact) mass is 352 g/mol. The molecule has 0 aliphatic rings. The Labute approximate surface area is 151 Å². The third kappa shape index (κ3) is 4.63. The minimum Gasteiger partial charge on any atom is -0.484 e. The molecule has 1 amide bonds. The summed E-state index contributed by atoms with van der Waals surface area (Å²) in [6, 6.07) is 18.1. The molecule has 0 radical (unpaired) electrons. The van der Waals surface area contributed by atoms with Gasteiger partial charge in [0.25, 0.3) is 5.91 Å². The van der Waals surface area contributed by atoms with E-state index in [4.69, 9.17) is 9.15 Å². The van der Waals surface area contributed by atoms with Crippen molar-refractivity contribution in [3.8, 4) is 5.75 Å². The Morgan fingerprint density at radius 1 is 1.12 bits per heavy atom. The molecule has 3 aromatic rings. The van der Waals surface area contributed by atoms with Crippen molar-refractivity contribution in [3.63, 3.8) is 0 Å². The van der Waals surface area contributed by atoms with E-state index >= 15 is 0 Å². The van der Waals surface area contributed by atoms with Crippen LogP contribution < -0.4 is 20.6 Å². The van der Waals surface area contributed by atoms with Gasteiger partial charge in [0, 0.05) is 43.3 Å². The Kier molecular flexibility index (Phi) is 5.53. The van der Waals surface area contributed by atoms with E-state index in [1.807, 2.05) is 37.4 Å². The average molecular weight is 352 g/mol. The number of fused-ring (bicyclic) bond motifs is 1. The van der Waals surface area contributed by atoms with Crippen LogP contribution in [0.15, 0.2) is 69.9 Å². The van der Waals surface area contributed by atoms with E-state index in [1.165, 1.54) is 6.07 Å². The normalized spacial score (nSPS) is 10.5. The quantitative estimate of drug-likeness (QED) is 0.661. The van der Waals surface area contributed by atoms with Crippen LogP contribution in [0.2, 0.25) is 0 Å². The summed E-state index contributed by atoms with van der Waals surface area (Å²) in [5.41, 5.74) is 1.10. The van der Waals surface area contributed by atoms with Crippen molar-refractivity contribution in [2.45, 2.75) is 0 Å². The van der Waals surface area contributed by atoms with Crippen molar-refractivity contribution in [2.75, 3.05) is 31.6 Å². The maximum absolute atomic E-state index is 11.9. The summed E-state index contributed by atoms with van der Waals surface area (Å²) in [6.45, 7) is 1.11. The first-order valence-corrected chi connectivity index (χ1v) is 8.31. The molecule has 0 saturated carbocycles. The summed E-state index contributed by atoms with van der Waals surface area (Å²) in [6.07, 6.45) is 0. The Bertz CT molecular complexity index is 937. The molecule has 1 N–H and O–H groups in total. The van der Waals surface area contributed by atoms with Crippen molar-refractivity contribution in [2.24, 2.45) is 0 Å². The van der Waals surface area contributed by atoms with Gasteiger partial charge in [-0.1, -0.05) is 18.2 Å². The SMILES string of the molecule is CN(CCNC(=O)COc1ccc2ccc(=O)oc2c1)c1ccccc1.